The van der Waals surface area contributed by atoms with Crippen LogP contribution in [0.1, 0.15) is 31.2 Å². The quantitative estimate of drug-likeness (QED) is 0.793. The van der Waals surface area contributed by atoms with Gasteiger partial charge in [0.1, 0.15) is 0 Å². The first-order valence-corrected chi connectivity index (χ1v) is 9.29. The van der Waals surface area contributed by atoms with Crippen LogP contribution in [0.15, 0.2) is 18.2 Å². The lowest BCUT2D eigenvalue weighted by atomic mass is 10.1. The van der Waals surface area contributed by atoms with Gasteiger partial charge in [0, 0.05) is 18.5 Å². The van der Waals surface area contributed by atoms with Crippen LogP contribution < -0.4 is 10.6 Å². The zero-order valence-electron chi connectivity index (χ0n) is 14.6. The first-order chi connectivity index (χ1) is 12.7. The van der Waals surface area contributed by atoms with Crippen molar-refractivity contribution < 1.29 is 22.8 Å². The molecule has 9 heteroatoms. The van der Waals surface area contributed by atoms with Crippen LogP contribution in [-0.2, 0) is 15.8 Å². The number of anilines is 1. The number of amides is 2. The standard InChI is InChI=1S/C18H21ClF3N3O2/c19-14-6-5-12(18(20,21)22)8-15(14)24-16(26)10-25-7-1-2-13(9-25)23-17(27)11-3-4-11/h5-6,8,11,13H,1-4,7,9-10H2,(H,23,27)(H,24,26). The van der Waals surface area contributed by atoms with E-state index in [1.54, 1.807) is 0 Å². The lowest BCUT2D eigenvalue weighted by Gasteiger charge is -2.32. The SMILES string of the molecule is O=C(CN1CCCC(NC(=O)C2CC2)C1)Nc1cc(C(F)(F)F)ccc1Cl. The molecule has 0 spiro atoms. The van der Waals surface area contributed by atoms with Crippen molar-refractivity contribution in [2.45, 2.75) is 37.9 Å². The molecule has 1 atom stereocenters. The van der Waals surface area contributed by atoms with E-state index >= 15 is 0 Å². The number of carbonyl (C=O) groups is 2. The Bertz CT molecular complexity index is 722. The second-order valence-corrected chi connectivity index (χ2v) is 7.50. The average Bonchev–Trinajstić information content (AvgIpc) is 3.41. The van der Waals surface area contributed by atoms with Gasteiger partial charge in [0.2, 0.25) is 11.8 Å². The van der Waals surface area contributed by atoms with Gasteiger partial charge in [0.05, 0.1) is 22.8 Å². The molecule has 1 unspecified atom stereocenters. The van der Waals surface area contributed by atoms with Crippen LogP contribution in [0.5, 0.6) is 0 Å². The Hall–Kier alpha value is -1.80. The van der Waals surface area contributed by atoms with Gasteiger partial charge in [-0.25, -0.2) is 0 Å². The summed E-state index contributed by atoms with van der Waals surface area (Å²) in [4.78, 5) is 26.0. The third-order valence-corrected chi connectivity index (χ3v) is 5.06. The molecule has 2 amide bonds. The highest BCUT2D eigenvalue weighted by Gasteiger charge is 2.33. The first-order valence-electron chi connectivity index (χ1n) is 8.91. The summed E-state index contributed by atoms with van der Waals surface area (Å²) >= 11 is 5.91. The number of nitrogens with zero attached hydrogens (tertiary/aromatic N) is 1. The maximum Gasteiger partial charge on any atom is 0.416 e. The molecule has 2 N–H and O–H groups in total. The molecule has 1 saturated carbocycles. The summed E-state index contributed by atoms with van der Waals surface area (Å²) in [6, 6.07) is 2.81. The topological polar surface area (TPSA) is 61.4 Å². The van der Waals surface area contributed by atoms with Crippen LogP contribution in [0, 0.1) is 5.92 Å². The van der Waals surface area contributed by atoms with Gasteiger partial charge >= 0.3 is 6.18 Å². The maximum absolute atomic E-state index is 12.8. The molecule has 0 bridgehead atoms. The van der Waals surface area contributed by atoms with E-state index in [9.17, 15) is 22.8 Å². The highest BCUT2D eigenvalue weighted by molar-refractivity contribution is 6.33. The fraction of sp³-hybridized carbons (Fsp3) is 0.556. The van der Waals surface area contributed by atoms with E-state index in [0.29, 0.717) is 13.1 Å². The maximum atomic E-state index is 12.8. The molecular weight excluding hydrogens is 383 g/mol. The molecule has 27 heavy (non-hydrogen) atoms. The van der Waals surface area contributed by atoms with Crippen molar-refractivity contribution in [3.05, 3.63) is 28.8 Å². The van der Waals surface area contributed by atoms with E-state index in [0.717, 1.165) is 43.9 Å². The van der Waals surface area contributed by atoms with Gasteiger partial charge in [-0.15, -0.1) is 0 Å². The molecule has 1 aromatic rings. The van der Waals surface area contributed by atoms with Crippen molar-refractivity contribution in [1.82, 2.24) is 10.2 Å². The number of hydrogen-bond donors (Lipinski definition) is 2. The van der Waals surface area contributed by atoms with Crippen LogP contribution in [0.4, 0.5) is 18.9 Å². The molecule has 1 aliphatic carbocycles. The molecular formula is C18H21ClF3N3O2. The van der Waals surface area contributed by atoms with Gasteiger partial charge in [-0.1, -0.05) is 11.6 Å². The van der Waals surface area contributed by atoms with E-state index in [2.05, 4.69) is 10.6 Å². The predicted molar refractivity (Wildman–Crippen MR) is 95.4 cm³/mol. The van der Waals surface area contributed by atoms with Crippen molar-refractivity contribution in [2.24, 2.45) is 5.92 Å². The smallest absolute Gasteiger partial charge is 0.352 e. The zero-order chi connectivity index (χ0) is 19.6. The normalized spacial score (nSPS) is 21.0. The third kappa shape index (κ3) is 5.59. The Balaban J connectivity index is 1.55. The Morgan fingerprint density at radius 3 is 2.63 bits per heavy atom. The molecule has 5 nitrogen and oxygen atoms in total. The van der Waals surface area contributed by atoms with Gasteiger partial charge < -0.3 is 10.6 Å². The number of piperidine rings is 1. The van der Waals surface area contributed by atoms with E-state index in [4.69, 9.17) is 11.6 Å². The van der Waals surface area contributed by atoms with Gasteiger partial charge in [0.15, 0.2) is 0 Å². The molecule has 1 aromatic carbocycles. The van der Waals surface area contributed by atoms with Crippen LogP contribution in [0.25, 0.3) is 0 Å². The molecule has 1 aliphatic heterocycles. The Morgan fingerprint density at radius 1 is 1.22 bits per heavy atom. The molecule has 0 radical (unpaired) electrons. The number of carbonyl (C=O) groups excluding carboxylic acids is 2. The van der Waals surface area contributed by atoms with E-state index in [1.807, 2.05) is 4.90 Å². The summed E-state index contributed by atoms with van der Waals surface area (Å²) in [5, 5.41) is 5.51. The monoisotopic (exact) mass is 403 g/mol. The summed E-state index contributed by atoms with van der Waals surface area (Å²) in [6.07, 6.45) is -0.946. The number of alkyl halides is 3. The highest BCUT2D eigenvalue weighted by Crippen LogP contribution is 2.34. The first kappa shape index (κ1) is 19.9. The number of benzene rings is 1. The number of nitrogens with one attached hydrogen (secondary N) is 2. The minimum Gasteiger partial charge on any atom is -0.352 e. The van der Waals surface area contributed by atoms with Gasteiger partial charge in [-0.2, -0.15) is 13.2 Å². The lowest BCUT2D eigenvalue weighted by Crippen LogP contribution is -2.49. The van der Waals surface area contributed by atoms with Crippen LogP contribution in [0.2, 0.25) is 5.02 Å². The second kappa shape index (κ2) is 8.06. The van der Waals surface area contributed by atoms with Gasteiger partial charge in [0.25, 0.3) is 0 Å². The Kier molecular flexibility index (Phi) is 5.95. The minimum absolute atomic E-state index is 0.00297. The summed E-state index contributed by atoms with van der Waals surface area (Å²) in [5.41, 5.74) is -0.935. The largest absolute Gasteiger partial charge is 0.416 e. The number of halogens is 4. The van der Waals surface area contributed by atoms with Crippen molar-refractivity contribution in [3.63, 3.8) is 0 Å². The molecule has 3 rings (SSSR count). The molecule has 1 heterocycles. The fourth-order valence-electron chi connectivity index (χ4n) is 3.17. The second-order valence-electron chi connectivity index (χ2n) is 7.10. The molecule has 2 aliphatic rings. The van der Waals surface area contributed by atoms with E-state index in [-0.39, 0.29) is 35.1 Å². The van der Waals surface area contributed by atoms with E-state index in [1.165, 1.54) is 0 Å². The zero-order valence-corrected chi connectivity index (χ0v) is 15.4. The average molecular weight is 404 g/mol. The number of hydrogen-bond acceptors (Lipinski definition) is 3. The van der Waals surface area contributed by atoms with Crippen LogP contribution in [0.3, 0.4) is 0 Å². The molecule has 1 saturated heterocycles. The minimum atomic E-state index is -4.51. The Labute approximate surface area is 160 Å². The summed E-state index contributed by atoms with van der Waals surface area (Å²) in [5.74, 6) is -0.237. The molecule has 148 valence electrons. The summed E-state index contributed by atoms with van der Waals surface area (Å²) in [7, 11) is 0. The van der Waals surface area contributed by atoms with Crippen molar-refractivity contribution in [2.75, 3.05) is 25.0 Å². The third-order valence-electron chi connectivity index (χ3n) is 4.74. The lowest BCUT2D eigenvalue weighted by molar-refractivity contribution is -0.137. The van der Waals surface area contributed by atoms with Crippen molar-refractivity contribution >= 4 is 29.1 Å². The van der Waals surface area contributed by atoms with Crippen LogP contribution >= 0.6 is 11.6 Å². The predicted octanol–water partition coefficient (Wildman–Crippen LogP) is 3.29. The van der Waals surface area contributed by atoms with E-state index < -0.39 is 17.6 Å². The number of likely N-dealkylation sites (tertiary alicyclic amines) is 1. The highest BCUT2D eigenvalue weighted by atomic mass is 35.5. The summed E-state index contributed by atoms with van der Waals surface area (Å²) in [6.45, 7) is 1.27. The van der Waals surface area contributed by atoms with Gasteiger partial charge in [-0.3, -0.25) is 14.5 Å². The van der Waals surface area contributed by atoms with Crippen molar-refractivity contribution in [1.29, 1.82) is 0 Å². The fourth-order valence-corrected chi connectivity index (χ4v) is 3.34. The Morgan fingerprint density at radius 2 is 1.96 bits per heavy atom. The van der Waals surface area contributed by atoms with Crippen molar-refractivity contribution in [3.8, 4) is 0 Å². The van der Waals surface area contributed by atoms with Crippen LogP contribution in [-0.4, -0.2) is 42.4 Å². The molecule has 2 fully saturated rings. The molecule has 0 aromatic heterocycles. The van der Waals surface area contributed by atoms with Gasteiger partial charge in [-0.05, 0) is 50.4 Å². The summed E-state index contributed by atoms with van der Waals surface area (Å²) < 4.78 is 38.5. The number of rotatable bonds is 5.